The lowest BCUT2D eigenvalue weighted by Crippen LogP contribution is -3.12. The van der Waals surface area contributed by atoms with Crippen LogP contribution in [0.1, 0.15) is 39.5 Å². The molecule has 1 fully saturated rings. The summed E-state index contributed by atoms with van der Waals surface area (Å²) in [5, 5.41) is 9.67. The summed E-state index contributed by atoms with van der Waals surface area (Å²) in [4.78, 5) is 1.58. The number of hydrogen-bond donors (Lipinski definition) is 2. The molecule has 1 aliphatic heterocycles. The van der Waals surface area contributed by atoms with Crippen molar-refractivity contribution in [3.05, 3.63) is 0 Å². The van der Waals surface area contributed by atoms with Gasteiger partial charge in [-0.05, 0) is 38.5 Å². The third kappa shape index (κ3) is 4.13. The van der Waals surface area contributed by atoms with Crippen molar-refractivity contribution < 1.29 is 10.0 Å². The second-order valence-electron chi connectivity index (χ2n) is 4.42. The molecule has 1 saturated heterocycles. The Labute approximate surface area is 87.3 Å². The molecule has 0 unspecified atom stereocenters. The molecule has 0 saturated carbocycles. The first-order valence-corrected chi connectivity index (χ1v) is 5.70. The number of likely N-dealkylation sites (tertiary alicyclic amines) is 1. The van der Waals surface area contributed by atoms with Crippen molar-refractivity contribution in [2.45, 2.75) is 45.1 Å². The number of rotatable bonds is 2. The van der Waals surface area contributed by atoms with E-state index in [1.807, 2.05) is 6.92 Å². The van der Waals surface area contributed by atoms with Gasteiger partial charge >= 0.3 is 0 Å². The number of hydrogen-bond acceptors (Lipinski definition) is 1. The fraction of sp³-hybridized carbons (Fsp3) is 0.833. The molecule has 0 bridgehead atoms. The molecule has 0 radical (unpaired) electrons. The largest absolute Gasteiger partial charge is 0.378 e. The van der Waals surface area contributed by atoms with Crippen LogP contribution in [-0.2, 0) is 0 Å². The molecule has 80 valence electrons. The standard InChI is InChI=1S/C12H21NO/c1-3-12(2,14)8-7-11-13-9-5-4-6-10-13/h14H,3-6,9-11H2,1-2H3/p+1/t12-/m1/s1. The summed E-state index contributed by atoms with van der Waals surface area (Å²) in [7, 11) is 0. The van der Waals surface area contributed by atoms with E-state index in [1.54, 1.807) is 11.8 Å². The maximum atomic E-state index is 9.67. The Morgan fingerprint density at radius 3 is 2.50 bits per heavy atom. The topological polar surface area (TPSA) is 24.7 Å². The van der Waals surface area contributed by atoms with Crippen LogP contribution in [0.3, 0.4) is 0 Å². The Kier molecular flexibility index (Phi) is 4.44. The van der Waals surface area contributed by atoms with Crippen LogP contribution >= 0.6 is 0 Å². The first-order chi connectivity index (χ1) is 6.64. The molecule has 0 spiro atoms. The van der Waals surface area contributed by atoms with Crippen molar-refractivity contribution in [2.24, 2.45) is 0 Å². The number of aliphatic hydroxyl groups is 1. The van der Waals surface area contributed by atoms with Crippen molar-refractivity contribution in [1.29, 1.82) is 0 Å². The van der Waals surface area contributed by atoms with E-state index in [2.05, 4.69) is 11.8 Å². The van der Waals surface area contributed by atoms with Gasteiger partial charge in [-0.25, -0.2) is 0 Å². The van der Waals surface area contributed by atoms with Crippen LogP contribution in [0.15, 0.2) is 0 Å². The van der Waals surface area contributed by atoms with Crippen LogP contribution in [-0.4, -0.2) is 30.3 Å². The minimum absolute atomic E-state index is 0.704. The number of piperidine rings is 1. The van der Waals surface area contributed by atoms with Crippen molar-refractivity contribution in [1.82, 2.24) is 0 Å². The lowest BCUT2D eigenvalue weighted by atomic mass is 10.1. The van der Waals surface area contributed by atoms with Gasteiger partial charge in [-0.3, -0.25) is 0 Å². The summed E-state index contributed by atoms with van der Waals surface area (Å²) >= 11 is 0. The highest BCUT2D eigenvalue weighted by Gasteiger charge is 2.14. The normalized spacial score (nSPS) is 22.2. The van der Waals surface area contributed by atoms with E-state index in [0.29, 0.717) is 6.42 Å². The van der Waals surface area contributed by atoms with Gasteiger partial charge in [-0.1, -0.05) is 12.8 Å². The molecule has 0 aromatic rings. The van der Waals surface area contributed by atoms with Gasteiger partial charge < -0.3 is 10.0 Å². The Hall–Kier alpha value is -0.520. The zero-order valence-electron chi connectivity index (χ0n) is 9.40. The minimum Gasteiger partial charge on any atom is -0.378 e. The predicted molar refractivity (Wildman–Crippen MR) is 58.1 cm³/mol. The van der Waals surface area contributed by atoms with Crippen molar-refractivity contribution in [2.75, 3.05) is 19.6 Å². The van der Waals surface area contributed by atoms with Gasteiger partial charge in [0.1, 0.15) is 12.1 Å². The maximum absolute atomic E-state index is 9.67. The summed E-state index contributed by atoms with van der Waals surface area (Å²) in [6, 6.07) is 0. The van der Waals surface area contributed by atoms with Crippen LogP contribution in [0.25, 0.3) is 0 Å². The Morgan fingerprint density at radius 2 is 1.93 bits per heavy atom. The van der Waals surface area contributed by atoms with Gasteiger partial charge in [0, 0.05) is 0 Å². The lowest BCUT2D eigenvalue weighted by Gasteiger charge is -2.21. The van der Waals surface area contributed by atoms with E-state index in [0.717, 1.165) is 6.54 Å². The molecule has 0 amide bonds. The smallest absolute Gasteiger partial charge is 0.139 e. The first kappa shape index (κ1) is 11.6. The number of quaternary nitrogens is 1. The summed E-state index contributed by atoms with van der Waals surface area (Å²) in [5.74, 6) is 6.05. The third-order valence-electron chi connectivity index (χ3n) is 2.95. The van der Waals surface area contributed by atoms with E-state index in [-0.39, 0.29) is 0 Å². The van der Waals surface area contributed by atoms with Gasteiger partial charge in [-0.2, -0.15) is 0 Å². The molecule has 0 aliphatic carbocycles. The average molecular weight is 196 g/mol. The van der Waals surface area contributed by atoms with E-state index in [9.17, 15) is 5.11 Å². The van der Waals surface area contributed by atoms with Gasteiger partial charge in [0.05, 0.1) is 13.1 Å². The SMILES string of the molecule is CC[C@@](C)(O)C#CC[NH+]1CCCCC1. The highest BCUT2D eigenvalue weighted by Crippen LogP contribution is 2.04. The summed E-state index contributed by atoms with van der Waals surface area (Å²) in [5.41, 5.74) is -0.783. The fourth-order valence-corrected chi connectivity index (χ4v) is 1.68. The minimum atomic E-state index is -0.783. The van der Waals surface area contributed by atoms with Crippen LogP contribution in [0.5, 0.6) is 0 Å². The molecule has 2 N–H and O–H groups in total. The van der Waals surface area contributed by atoms with Gasteiger partial charge in [-0.15, -0.1) is 0 Å². The van der Waals surface area contributed by atoms with E-state index in [1.165, 1.54) is 32.4 Å². The lowest BCUT2D eigenvalue weighted by molar-refractivity contribution is -0.897. The molecule has 1 atom stereocenters. The maximum Gasteiger partial charge on any atom is 0.139 e. The Balaban J connectivity index is 2.30. The molecule has 2 heteroatoms. The van der Waals surface area contributed by atoms with Crippen molar-refractivity contribution >= 4 is 0 Å². The second kappa shape index (κ2) is 5.38. The summed E-state index contributed by atoms with van der Waals surface area (Å²) in [6.45, 7) is 7.15. The molecule has 14 heavy (non-hydrogen) atoms. The van der Waals surface area contributed by atoms with Crippen LogP contribution < -0.4 is 4.90 Å². The molecule has 1 heterocycles. The van der Waals surface area contributed by atoms with Gasteiger partial charge in [0.15, 0.2) is 0 Å². The Bertz CT molecular complexity index is 218. The summed E-state index contributed by atoms with van der Waals surface area (Å²) < 4.78 is 0. The average Bonchev–Trinajstić information content (AvgIpc) is 2.19. The summed E-state index contributed by atoms with van der Waals surface area (Å²) in [6.07, 6.45) is 4.75. The van der Waals surface area contributed by atoms with Crippen LogP contribution in [0.2, 0.25) is 0 Å². The molecular formula is C12H22NO+. The first-order valence-electron chi connectivity index (χ1n) is 5.70. The van der Waals surface area contributed by atoms with Crippen LogP contribution in [0, 0.1) is 11.8 Å². The predicted octanol–water partition coefficient (Wildman–Crippen LogP) is 0.220. The number of nitrogens with one attached hydrogen (secondary N) is 1. The van der Waals surface area contributed by atoms with Crippen molar-refractivity contribution in [3.63, 3.8) is 0 Å². The van der Waals surface area contributed by atoms with Gasteiger partial charge in [0.25, 0.3) is 0 Å². The molecule has 1 rings (SSSR count). The third-order valence-corrected chi connectivity index (χ3v) is 2.95. The molecule has 0 aromatic heterocycles. The highest BCUT2D eigenvalue weighted by atomic mass is 16.3. The molecular weight excluding hydrogens is 174 g/mol. The second-order valence-corrected chi connectivity index (χ2v) is 4.42. The highest BCUT2D eigenvalue weighted by molar-refractivity contribution is 5.11. The quantitative estimate of drug-likeness (QED) is 0.607. The molecule has 1 aliphatic rings. The van der Waals surface area contributed by atoms with Crippen LogP contribution in [0.4, 0.5) is 0 Å². The van der Waals surface area contributed by atoms with Gasteiger partial charge in [0.2, 0.25) is 0 Å². The van der Waals surface area contributed by atoms with E-state index >= 15 is 0 Å². The fourth-order valence-electron chi connectivity index (χ4n) is 1.68. The van der Waals surface area contributed by atoms with Crippen molar-refractivity contribution in [3.8, 4) is 11.8 Å². The zero-order valence-corrected chi connectivity index (χ0v) is 9.40. The molecule has 2 nitrogen and oxygen atoms in total. The Morgan fingerprint density at radius 1 is 1.29 bits per heavy atom. The van der Waals surface area contributed by atoms with E-state index in [4.69, 9.17) is 0 Å². The molecule has 0 aromatic carbocycles. The monoisotopic (exact) mass is 196 g/mol. The zero-order chi connectivity index (χ0) is 10.4. The van der Waals surface area contributed by atoms with E-state index < -0.39 is 5.60 Å².